The molecule has 1 amide bonds. The zero-order valence-electron chi connectivity index (χ0n) is 24.4. The number of carbonyl (C=O) groups excluding carboxylic acids is 2. The molecular weight excluding hydrogens is 521 g/mol. The van der Waals surface area contributed by atoms with Gasteiger partial charge in [-0.2, -0.15) is 0 Å². The lowest BCUT2D eigenvalue weighted by molar-refractivity contribution is -0.240. The highest BCUT2D eigenvalue weighted by Gasteiger charge is 2.45. The number of hydrogen-bond donors (Lipinski definition) is 1. The van der Waals surface area contributed by atoms with Crippen LogP contribution in [0.3, 0.4) is 0 Å². The van der Waals surface area contributed by atoms with Gasteiger partial charge in [0.05, 0.1) is 11.7 Å². The topological polar surface area (TPSA) is 73.9 Å². The minimum atomic E-state index is -0.830. The molecule has 1 N–H and O–H groups in total. The van der Waals surface area contributed by atoms with Crippen LogP contribution in [0.25, 0.3) is 11.1 Å². The molecule has 6 nitrogen and oxygen atoms in total. The number of rotatable bonds is 10. The van der Waals surface area contributed by atoms with E-state index in [0.717, 1.165) is 17.5 Å². The van der Waals surface area contributed by atoms with Crippen LogP contribution in [0.5, 0.6) is 5.75 Å². The summed E-state index contributed by atoms with van der Waals surface area (Å²) >= 11 is 0. The Morgan fingerprint density at radius 3 is 2.41 bits per heavy atom. The van der Waals surface area contributed by atoms with E-state index in [0.29, 0.717) is 35.8 Å². The van der Waals surface area contributed by atoms with Crippen molar-refractivity contribution in [3.63, 3.8) is 0 Å². The van der Waals surface area contributed by atoms with Gasteiger partial charge in [-0.1, -0.05) is 64.1 Å². The molecule has 1 aliphatic rings. The fourth-order valence-corrected chi connectivity index (χ4v) is 5.30. The Labute approximate surface area is 242 Å². The van der Waals surface area contributed by atoms with Gasteiger partial charge in [0.1, 0.15) is 11.6 Å². The van der Waals surface area contributed by atoms with Crippen LogP contribution in [0, 0.1) is 23.6 Å². The van der Waals surface area contributed by atoms with Crippen molar-refractivity contribution >= 4 is 11.9 Å². The number of halogens is 1. The Kier molecular flexibility index (Phi) is 10.2. The molecule has 41 heavy (non-hydrogen) atoms. The van der Waals surface area contributed by atoms with Crippen molar-refractivity contribution in [2.24, 2.45) is 17.8 Å². The van der Waals surface area contributed by atoms with Gasteiger partial charge in [0.25, 0.3) is 0 Å². The van der Waals surface area contributed by atoms with Gasteiger partial charge in [-0.3, -0.25) is 4.79 Å². The van der Waals surface area contributed by atoms with E-state index in [1.807, 2.05) is 30.3 Å². The first-order valence-corrected chi connectivity index (χ1v) is 14.3. The van der Waals surface area contributed by atoms with Crippen LogP contribution in [0.15, 0.2) is 72.8 Å². The van der Waals surface area contributed by atoms with Crippen molar-refractivity contribution in [2.75, 3.05) is 6.54 Å². The normalized spacial score (nSPS) is 22.3. The molecule has 3 aromatic carbocycles. The lowest BCUT2D eigenvalue weighted by Gasteiger charge is -2.44. The summed E-state index contributed by atoms with van der Waals surface area (Å²) in [5.41, 5.74) is 2.89. The first-order valence-electron chi connectivity index (χ1n) is 14.3. The highest BCUT2D eigenvalue weighted by Crippen LogP contribution is 2.38. The molecule has 7 heteroatoms. The molecule has 2 unspecified atom stereocenters. The van der Waals surface area contributed by atoms with Crippen LogP contribution in [-0.2, 0) is 20.7 Å². The summed E-state index contributed by atoms with van der Waals surface area (Å²) in [6.07, 6.45) is -0.127. The van der Waals surface area contributed by atoms with Crippen molar-refractivity contribution in [1.29, 1.82) is 0 Å². The molecule has 0 radical (unpaired) electrons. The van der Waals surface area contributed by atoms with E-state index < -0.39 is 18.4 Å². The maximum Gasteiger partial charge on any atom is 0.338 e. The maximum absolute atomic E-state index is 14.2. The largest absolute Gasteiger partial charge is 0.461 e. The first kappa shape index (κ1) is 30.3. The second kappa shape index (κ2) is 13.8. The summed E-state index contributed by atoms with van der Waals surface area (Å²) in [7, 11) is 0. The standard InChI is InChI=1S/C34H40FNO5/c1-21(2)18-31-22(3)23(4)32(41-33(38)26-10-7-6-8-11-26)34(40-31)39-29-15-14-25(16-17-36-24(5)37)30(20-29)27-12-9-13-28(35)19-27/h6-15,19-23,31-32,34H,16-18H2,1-5H3,(H,36,37)/t22-,23-,31-,32?,34?/m1/s1. The molecule has 1 saturated heterocycles. The van der Waals surface area contributed by atoms with Crippen LogP contribution >= 0.6 is 0 Å². The van der Waals surface area contributed by atoms with Crippen LogP contribution in [0.4, 0.5) is 4.39 Å². The molecule has 0 aliphatic carbocycles. The molecule has 0 spiro atoms. The van der Waals surface area contributed by atoms with Gasteiger partial charge in [-0.25, -0.2) is 9.18 Å². The number of amides is 1. The third kappa shape index (κ3) is 7.94. The number of benzene rings is 3. The molecule has 4 rings (SSSR count). The fraction of sp³-hybridized carbons (Fsp3) is 0.412. The van der Waals surface area contributed by atoms with Gasteiger partial charge in [0.15, 0.2) is 6.10 Å². The molecule has 1 aliphatic heterocycles. The molecule has 5 atom stereocenters. The number of esters is 1. The third-order valence-corrected chi connectivity index (χ3v) is 7.70. The molecule has 218 valence electrons. The van der Waals surface area contributed by atoms with E-state index in [1.165, 1.54) is 19.1 Å². The van der Waals surface area contributed by atoms with E-state index in [1.54, 1.807) is 30.3 Å². The Balaban J connectivity index is 1.65. The average molecular weight is 562 g/mol. The smallest absolute Gasteiger partial charge is 0.338 e. The summed E-state index contributed by atoms with van der Waals surface area (Å²) in [6, 6.07) is 20.9. The van der Waals surface area contributed by atoms with Crippen molar-refractivity contribution in [2.45, 2.75) is 66.0 Å². The Hall–Kier alpha value is -3.71. The van der Waals surface area contributed by atoms with E-state index >= 15 is 0 Å². The summed E-state index contributed by atoms with van der Waals surface area (Å²) in [4.78, 5) is 24.5. The number of hydrogen-bond acceptors (Lipinski definition) is 5. The van der Waals surface area contributed by atoms with Gasteiger partial charge >= 0.3 is 5.97 Å². The molecular formula is C34H40FNO5. The van der Waals surface area contributed by atoms with Crippen molar-refractivity contribution in [1.82, 2.24) is 5.32 Å². The van der Waals surface area contributed by atoms with Crippen LogP contribution in [0.2, 0.25) is 0 Å². The predicted molar refractivity (Wildman–Crippen MR) is 157 cm³/mol. The van der Waals surface area contributed by atoms with E-state index in [2.05, 4.69) is 33.0 Å². The molecule has 0 aromatic heterocycles. The second-order valence-corrected chi connectivity index (χ2v) is 11.3. The maximum atomic E-state index is 14.2. The van der Waals surface area contributed by atoms with Gasteiger partial charge in [0, 0.05) is 19.4 Å². The van der Waals surface area contributed by atoms with Crippen LogP contribution in [0.1, 0.15) is 57.0 Å². The SMILES string of the molecule is CC(=O)NCCc1ccc(OC2O[C@H](CC(C)C)[C@H](C)[C@@H](C)C2OC(=O)c2ccccc2)cc1-c1cccc(F)c1. The summed E-state index contributed by atoms with van der Waals surface area (Å²) in [5.74, 6) is 0.175. The molecule has 1 fully saturated rings. The lowest BCUT2D eigenvalue weighted by atomic mass is 9.80. The highest BCUT2D eigenvalue weighted by atomic mass is 19.1. The zero-order valence-corrected chi connectivity index (χ0v) is 24.4. The minimum Gasteiger partial charge on any atom is -0.461 e. The Morgan fingerprint density at radius 1 is 0.976 bits per heavy atom. The van der Waals surface area contributed by atoms with Gasteiger partial charge < -0.3 is 19.5 Å². The van der Waals surface area contributed by atoms with Crippen molar-refractivity contribution in [3.8, 4) is 16.9 Å². The number of ether oxygens (including phenoxy) is 3. The quantitative estimate of drug-likeness (QED) is 0.275. The summed E-state index contributed by atoms with van der Waals surface area (Å²) in [5, 5.41) is 2.82. The molecule has 3 aromatic rings. The average Bonchev–Trinajstić information content (AvgIpc) is 2.94. The van der Waals surface area contributed by atoms with Gasteiger partial charge in [-0.15, -0.1) is 0 Å². The Morgan fingerprint density at radius 2 is 1.73 bits per heavy atom. The van der Waals surface area contributed by atoms with E-state index in [9.17, 15) is 14.0 Å². The number of carbonyl (C=O) groups is 2. The second-order valence-electron chi connectivity index (χ2n) is 11.3. The fourth-order valence-electron chi connectivity index (χ4n) is 5.30. The summed E-state index contributed by atoms with van der Waals surface area (Å²) < 4.78 is 33.2. The molecule has 0 saturated carbocycles. The van der Waals surface area contributed by atoms with Gasteiger partial charge in [-0.05, 0) is 77.8 Å². The van der Waals surface area contributed by atoms with E-state index in [4.69, 9.17) is 14.2 Å². The van der Waals surface area contributed by atoms with Crippen LogP contribution in [-0.4, -0.2) is 36.9 Å². The van der Waals surface area contributed by atoms with E-state index in [-0.39, 0.29) is 29.7 Å². The third-order valence-electron chi connectivity index (χ3n) is 7.70. The lowest BCUT2D eigenvalue weighted by Crippen LogP contribution is -2.53. The minimum absolute atomic E-state index is 0.0234. The predicted octanol–water partition coefficient (Wildman–Crippen LogP) is 6.82. The Bertz CT molecular complexity index is 1330. The molecule has 1 heterocycles. The monoisotopic (exact) mass is 561 g/mol. The molecule has 0 bridgehead atoms. The van der Waals surface area contributed by atoms with Crippen molar-refractivity contribution in [3.05, 3.63) is 89.7 Å². The zero-order chi connectivity index (χ0) is 29.5. The number of nitrogens with one attached hydrogen (secondary N) is 1. The van der Waals surface area contributed by atoms with Crippen molar-refractivity contribution < 1.29 is 28.2 Å². The summed E-state index contributed by atoms with van der Waals surface area (Å²) in [6.45, 7) is 10.4. The van der Waals surface area contributed by atoms with Gasteiger partial charge in [0.2, 0.25) is 12.2 Å². The van der Waals surface area contributed by atoms with Crippen LogP contribution < -0.4 is 10.1 Å². The highest BCUT2D eigenvalue weighted by molar-refractivity contribution is 5.89. The first-order chi connectivity index (χ1) is 19.6.